The van der Waals surface area contributed by atoms with Gasteiger partial charge in [0, 0.05) is 23.7 Å². The van der Waals surface area contributed by atoms with Crippen LogP contribution in [0.15, 0.2) is 35.7 Å². The number of hydrogen-bond donors (Lipinski definition) is 1. The molecule has 0 amide bonds. The molecular weight excluding hydrogens is 266 g/mol. The number of aryl methyl sites for hydroxylation is 2. The largest absolute Gasteiger partial charge is 0.305 e. The van der Waals surface area contributed by atoms with Gasteiger partial charge in [0.2, 0.25) is 0 Å². The first-order valence-corrected chi connectivity index (χ1v) is 7.75. The van der Waals surface area contributed by atoms with E-state index < -0.39 is 0 Å². The van der Waals surface area contributed by atoms with E-state index in [-0.39, 0.29) is 0 Å². The van der Waals surface area contributed by atoms with Gasteiger partial charge in [-0.1, -0.05) is 30.3 Å². The number of nitrogens with zero attached hydrogens (tertiary/aromatic N) is 2. The summed E-state index contributed by atoms with van der Waals surface area (Å²) in [6.07, 6.45) is 0. The van der Waals surface area contributed by atoms with Crippen LogP contribution in [0.1, 0.15) is 35.6 Å². The second-order valence-corrected chi connectivity index (χ2v) is 5.99. The van der Waals surface area contributed by atoms with Crippen LogP contribution in [0, 0.1) is 13.8 Å². The third-order valence-corrected chi connectivity index (χ3v) is 4.65. The predicted octanol–water partition coefficient (Wildman–Crippen LogP) is 3.86. The van der Waals surface area contributed by atoms with E-state index in [0.29, 0.717) is 6.04 Å². The Morgan fingerprint density at radius 2 is 2.00 bits per heavy atom. The molecule has 104 valence electrons. The van der Waals surface area contributed by atoms with Gasteiger partial charge in [0.15, 0.2) is 4.96 Å². The second kappa shape index (κ2) is 5.38. The Labute approximate surface area is 123 Å². The van der Waals surface area contributed by atoms with Crippen LogP contribution in [0.4, 0.5) is 0 Å². The summed E-state index contributed by atoms with van der Waals surface area (Å²) in [4.78, 5) is 5.71. The lowest BCUT2D eigenvalue weighted by molar-refractivity contribution is 0.564. The lowest BCUT2D eigenvalue weighted by Crippen LogP contribution is -2.19. The summed E-state index contributed by atoms with van der Waals surface area (Å²) in [5.41, 5.74) is 4.96. The Kier molecular flexibility index (Phi) is 3.59. The fourth-order valence-electron chi connectivity index (χ4n) is 2.49. The average molecular weight is 285 g/mol. The quantitative estimate of drug-likeness (QED) is 0.788. The molecule has 2 aromatic heterocycles. The van der Waals surface area contributed by atoms with Crippen LogP contribution >= 0.6 is 11.3 Å². The summed E-state index contributed by atoms with van der Waals surface area (Å²) in [6, 6.07) is 10.9. The first kappa shape index (κ1) is 13.3. The van der Waals surface area contributed by atoms with Crippen molar-refractivity contribution in [2.45, 2.75) is 33.4 Å². The number of imidazole rings is 1. The molecule has 1 N–H and O–H groups in total. The molecule has 0 aliphatic carbocycles. The highest BCUT2D eigenvalue weighted by Crippen LogP contribution is 2.21. The molecule has 0 fully saturated rings. The summed E-state index contributed by atoms with van der Waals surface area (Å²) in [5.74, 6) is 0. The standard InChI is InChI=1S/C16H19N3S/c1-11-10-20-16-18-13(3)15(19(11)16)9-17-12(2)14-7-5-4-6-8-14/h4-8,10,12,17H,9H2,1-3H3/t12-/m1/s1. The molecule has 3 rings (SSSR count). The van der Waals surface area contributed by atoms with Gasteiger partial charge in [0.1, 0.15) is 0 Å². The van der Waals surface area contributed by atoms with Crippen molar-refractivity contribution < 1.29 is 0 Å². The van der Waals surface area contributed by atoms with Crippen molar-refractivity contribution in [2.75, 3.05) is 0 Å². The minimum atomic E-state index is 0.333. The third kappa shape index (κ3) is 2.37. The van der Waals surface area contributed by atoms with E-state index in [1.807, 2.05) is 0 Å². The Morgan fingerprint density at radius 3 is 2.75 bits per heavy atom. The molecule has 0 saturated heterocycles. The fourth-order valence-corrected chi connectivity index (χ4v) is 3.42. The van der Waals surface area contributed by atoms with Gasteiger partial charge >= 0.3 is 0 Å². The van der Waals surface area contributed by atoms with Crippen LogP contribution in [-0.4, -0.2) is 9.38 Å². The molecule has 0 aliphatic heterocycles. The van der Waals surface area contributed by atoms with Crippen molar-refractivity contribution in [3.8, 4) is 0 Å². The molecule has 0 aliphatic rings. The van der Waals surface area contributed by atoms with Gasteiger partial charge in [-0.15, -0.1) is 11.3 Å². The molecule has 4 heteroatoms. The zero-order chi connectivity index (χ0) is 14.1. The number of benzene rings is 1. The van der Waals surface area contributed by atoms with Crippen LogP contribution in [0.2, 0.25) is 0 Å². The zero-order valence-electron chi connectivity index (χ0n) is 12.1. The summed E-state index contributed by atoms with van der Waals surface area (Å²) in [7, 11) is 0. The van der Waals surface area contributed by atoms with E-state index in [9.17, 15) is 0 Å². The van der Waals surface area contributed by atoms with Crippen LogP contribution in [0.3, 0.4) is 0 Å². The number of aromatic nitrogens is 2. The number of fused-ring (bicyclic) bond motifs is 1. The summed E-state index contributed by atoms with van der Waals surface area (Å²) in [5, 5.41) is 5.75. The van der Waals surface area contributed by atoms with E-state index in [4.69, 9.17) is 0 Å². The summed E-state index contributed by atoms with van der Waals surface area (Å²) < 4.78 is 2.25. The first-order chi connectivity index (χ1) is 9.66. The second-order valence-electron chi connectivity index (χ2n) is 5.15. The molecule has 3 nitrogen and oxygen atoms in total. The lowest BCUT2D eigenvalue weighted by atomic mass is 10.1. The molecule has 0 saturated carbocycles. The monoisotopic (exact) mass is 285 g/mol. The predicted molar refractivity (Wildman–Crippen MR) is 84.2 cm³/mol. The zero-order valence-corrected chi connectivity index (χ0v) is 12.9. The van der Waals surface area contributed by atoms with Crippen molar-refractivity contribution in [1.82, 2.24) is 14.7 Å². The van der Waals surface area contributed by atoms with Crippen molar-refractivity contribution in [2.24, 2.45) is 0 Å². The van der Waals surface area contributed by atoms with Gasteiger partial charge < -0.3 is 5.32 Å². The molecule has 1 aromatic carbocycles. The van der Waals surface area contributed by atoms with E-state index >= 15 is 0 Å². The Bertz CT molecular complexity index is 712. The average Bonchev–Trinajstić information content (AvgIpc) is 2.97. The van der Waals surface area contributed by atoms with Crippen LogP contribution in [-0.2, 0) is 6.54 Å². The van der Waals surface area contributed by atoms with E-state index in [0.717, 1.165) is 17.2 Å². The van der Waals surface area contributed by atoms with Gasteiger partial charge in [-0.2, -0.15) is 0 Å². The highest BCUT2D eigenvalue weighted by Gasteiger charge is 2.13. The maximum atomic E-state index is 4.63. The van der Waals surface area contributed by atoms with Gasteiger partial charge in [0.25, 0.3) is 0 Å². The lowest BCUT2D eigenvalue weighted by Gasteiger charge is -2.14. The SMILES string of the molecule is Cc1nc2scc(C)n2c1CN[C@H](C)c1ccccc1. The number of hydrogen-bond acceptors (Lipinski definition) is 3. The van der Waals surface area contributed by atoms with Crippen molar-refractivity contribution in [3.05, 3.63) is 58.4 Å². The summed E-state index contributed by atoms with van der Waals surface area (Å²) in [6.45, 7) is 7.25. The highest BCUT2D eigenvalue weighted by atomic mass is 32.1. The van der Waals surface area contributed by atoms with Gasteiger partial charge in [-0.3, -0.25) is 4.40 Å². The highest BCUT2D eigenvalue weighted by molar-refractivity contribution is 7.15. The molecule has 0 bridgehead atoms. The van der Waals surface area contributed by atoms with Crippen molar-refractivity contribution in [3.63, 3.8) is 0 Å². The summed E-state index contributed by atoms with van der Waals surface area (Å²) >= 11 is 1.70. The van der Waals surface area contributed by atoms with Crippen LogP contribution < -0.4 is 5.32 Å². The number of rotatable bonds is 4. The number of nitrogens with one attached hydrogen (secondary N) is 1. The molecule has 0 radical (unpaired) electrons. The van der Waals surface area contributed by atoms with E-state index in [2.05, 4.69) is 71.2 Å². The third-order valence-electron chi connectivity index (χ3n) is 3.71. The molecule has 2 heterocycles. The Balaban J connectivity index is 1.80. The fraction of sp³-hybridized carbons (Fsp3) is 0.312. The maximum absolute atomic E-state index is 4.63. The molecule has 0 spiro atoms. The normalized spacial score (nSPS) is 12.9. The number of thiazole rings is 1. The molecule has 20 heavy (non-hydrogen) atoms. The van der Waals surface area contributed by atoms with Gasteiger partial charge in [0.05, 0.1) is 11.4 Å². The molecular formula is C16H19N3S. The minimum absolute atomic E-state index is 0.333. The molecule has 3 aromatic rings. The van der Waals surface area contributed by atoms with Gasteiger partial charge in [-0.25, -0.2) is 4.98 Å². The van der Waals surface area contributed by atoms with E-state index in [1.165, 1.54) is 17.0 Å². The minimum Gasteiger partial charge on any atom is -0.305 e. The van der Waals surface area contributed by atoms with Crippen molar-refractivity contribution >= 4 is 16.3 Å². The first-order valence-electron chi connectivity index (χ1n) is 6.87. The molecule has 0 unspecified atom stereocenters. The van der Waals surface area contributed by atoms with Crippen LogP contribution in [0.5, 0.6) is 0 Å². The molecule has 1 atom stereocenters. The Morgan fingerprint density at radius 1 is 1.25 bits per heavy atom. The van der Waals surface area contributed by atoms with E-state index in [1.54, 1.807) is 11.3 Å². The maximum Gasteiger partial charge on any atom is 0.194 e. The van der Waals surface area contributed by atoms with Crippen LogP contribution in [0.25, 0.3) is 4.96 Å². The topological polar surface area (TPSA) is 29.3 Å². The van der Waals surface area contributed by atoms with Gasteiger partial charge in [-0.05, 0) is 26.3 Å². The Hall–Kier alpha value is -1.65. The van der Waals surface area contributed by atoms with Crippen molar-refractivity contribution in [1.29, 1.82) is 0 Å². The smallest absolute Gasteiger partial charge is 0.194 e.